The molecule has 0 aliphatic rings. The lowest BCUT2D eigenvalue weighted by Gasteiger charge is -2.12. The van der Waals surface area contributed by atoms with E-state index in [4.69, 9.17) is 9.15 Å². The predicted molar refractivity (Wildman–Crippen MR) is 86.4 cm³/mol. The minimum absolute atomic E-state index is 0.103. The molecule has 114 valence electrons. The summed E-state index contributed by atoms with van der Waals surface area (Å²) in [6.07, 6.45) is 3.94. The van der Waals surface area contributed by atoms with Crippen LogP contribution in [-0.2, 0) is 11.2 Å². The first-order chi connectivity index (χ1) is 10.6. The maximum absolute atomic E-state index is 12.0. The Morgan fingerprint density at radius 2 is 2.14 bits per heavy atom. The van der Waals surface area contributed by atoms with Gasteiger partial charge in [-0.05, 0) is 12.5 Å². The first-order valence-electron chi connectivity index (χ1n) is 6.78. The number of hydrogen-bond acceptors (Lipinski definition) is 4. The van der Waals surface area contributed by atoms with Gasteiger partial charge in [-0.2, -0.15) is 0 Å². The molecular weight excluding hydrogens is 282 g/mol. The SMILES string of the molecule is C=CCOc1c(CC=C)ccc2cc(NC(C)=O)c(=O)oc12. The van der Waals surface area contributed by atoms with Crippen molar-refractivity contribution in [2.75, 3.05) is 11.9 Å². The Morgan fingerprint density at radius 3 is 2.77 bits per heavy atom. The molecule has 0 aliphatic heterocycles. The number of anilines is 1. The van der Waals surface area contributed by atoms with Crippen LogP contribution in [-0.4, -0.2) is 12.5 Å². The highest BCUT2D eigenvalue weighted by atomic mass is 16.5. The van der Waals surface area contributed by atoms with Crippen molar-refractivity contribution in [2.24, 2.45) is 0 Å². The van der Waals surface area contributed by atoms with Gasteiger partial charge in [-0.25, -0.2) is 4.79 Å². The lowest BCUT2D eigenvalue weighted by atomic mass is 10.1. The summed E-state index contributed by atoms with van der Waals surface area (Å²) in [5.74, 6) is 0.154. The third-order valence-corrected chi connectivity index (χ3v) is 2.96. The van der Waals surface area contributed by atoms with Gasteiger partial charge in [-0.3, -0.25) is 4.79 Å². The summed E-state index contributed by atoms with van der Waals surface area (Å²) >= 11 is 0. The Hall–Kier alpha value is -2.82. The quantitative estimate of drug-likeness (QED) is 0.657. The Balaban J connectivity index is 2.64. The number of carbonyl (C=O) groups excluding carboxylic acids is 1. The van der Waals surface area contributed by atoms with E-state index in [1.165, 1.54) is 6.92 Å². The van der Waals surface area contributed by atoms with E-state index in [2.05, 4.69) is 18.5 Å². The van der Waals surface area contributed by atoms with Crippen molar-refractivity contribution in [3.05, 3.63) is 59.5 Å². The van der Waals surface area contributed by atoms with Crippen LogP contribution in [0, 0.1) is 0 Å². The predicted octanol–water partition coefficient (Wildman–Crippen LogP) is 3.04. The first-order valence-corrected chi connectivity index (χ1v) is 6.78. The van der Waals surface area contributed by atoms with Gasteiger partial charge in [-0.1, -0.05) is 30.9 Å². The van der Waals surface area contributed by atoms with Crippen LogP contribution in [0.15, 0.2) is 52.7 Å². The van der Waals surface area contributed by atoms with Gasteiger partial charge in [0.2, 0.25) is 5.91 Å². The Morgan fingerprint density at radius 1 is 1.36 bits per heavy atom. The van der Waals surface area contributed by atoms with Gasteiger partial charge >= 0.3 is 5.63 Å². The van der Waals surface area contributed by atoms with Crippen LogP contribution in [0.4, 0.5) is 5.69 Å². The van der Waals surface area contributed by atoms with Gasteiger partial charge in [0, 0.05) is 17.9 Å². The highest BCUT2D eigenvalue weighted by Crippen LogP contribution is 2.31. The highest BCUT2D eigenvalue weighted by Gasteiger charge is 2.14. The maximum Gasteiger partial charge on any atom is 0.360 e. The molecule has 1 N–H and O–H groups in total. The molecule has 5 heteroatoms. The van der Waals surface area contributed by atoms with Crippen molar-refractivity contribution in [1.29, 1.82) is 0 Å². The van der Waals surface area contributed by atoms with Gasteiger partial charge in [-0.15, -0.1) is 6.58 Å². The second-order valence-electron chi connectivity index (χ2n) is 4.69. The normalized spacial score (nSPS) is 10.2. The molecule has 0 saturated carbocycles. The van der Waals surface area contributed by atoms with Gasteiger partial charge in [0.15, 0.2) is 11.3 Å². The monoisotopic (exact) mass is 299 g/mol. The molecule has 0 unspecified atom stereocenters. The molecule has 1 heterocycles. The van der Waals surface area contributed by atoms with Gasteiger partial charge < -0.3 is 14.5 Å². The van der Waals surface area contributed by atoms with Gasteiger partial charge in [0.1, 0.15) is 12.3 Å². The molecule has 0 spiro atoms. The Labute approximate surface area is 127 Å². The van der Waals surface area contributed by atoms with E-state index in [0.717, 1.165) is 5.56 Å². The molecule has 1 aromatic carbocycles. The molecule has 1 aromatic heterocycles. The van der Waals surface area contributed by atoms with Crippen molar-refractivity contribution in [3.63, 3.8) is 0 Å². The fourth-order valence-electron chi connectivity index (χ4n) is 2.09. The average Bonchev–Trinajstić information content (AvgIpc) is 2.47. The average molecular weight is 299 g/mol. The molecule has 0 bridgehead atoms. The number of allylic oxidation sites excluding steroid dienone is 1. The van der Waals surface area contributed by atoms with Crippen LogP contribution < -0.4 is 15.7 Å². The smallest absolute Gasteiger partial charge is 0.360 e. The van der Waals surface area contributed by atoms with Crippen LogP contribution >= 0.6 is 0 Å². The summed E-state index contributed by atoms with van der Waals surface area (Å²) < 4.78 is 11.0. The summed E-state index contributed by atoms with van der Waals surface area (Å²) in [7, 11) is 0. The van der Waals surface area contributed by atoms with Crippen LogP contribution in [0.25, 0.3) is 11.0 Å². The molecule has 2 rings (SSSR count). The first kappa shape index (κ1) is 15.6. The molecule has 0 fully saturated rings. The fourth-order valence-corrected chi connectivity index (χ4v) is 2.09. The number of benzene rings is 1. The summed E-state index contributed by atoms with van der Waals surface area (Å²) in [6.45, 7) is 8.94. The second kappa shape index (κ2) is 6.76. The third kappa shape index (κ3) is 3.25. The highest BCUT2D eigenvalue weighted by molar-refractivity contribution is 5.92. The van der Waals surface area contributed by atoms with Crippen LogP contribution in [0.3, 0.4) is 0 Å². The minimum atomic E-state index is -0.623. The van der Waals surface area contributed by atoms with E-state index >= 15 is 0 Å². The summed E-state index contributed by atoms with van der Waals surface area (Å²) in [6, 6.07) is 5.25. The molecular formula is C17H17NO4. The third-order valence-electron chi connectivity index (χ3n) is 2.96. The van der Waals surface area contributed by atoms with E-state index in [1.807, 2.05) is 12.1 Å². The number of hydrogen-bond donors (Lipinski definition) is 1. The van der Waals surface area contributed by atoms with E-state index < -0.39 is 5.63 Å². The van der Waals surface area contributed by atoms with Crippen molar-refractivity contribution in [1.82, 2.24) is 0 Å². The van der Waals surface area contributed by atoms with E-state index in [1.54, 1.807) is 18.2 Å². The van der Waals surface area contributed by atoms with Gasteiger partial charge in [0.25, 0.3) is 0 Å². The zero-order valence-corrected chi connectivity index (χ0v) is 12.3. The van der Waals surface area contributed by atoms with Crippen LogP contribution in [0.1, 0.15) is 12.5 Å². The van der Waals surface area contributed by atoms with Crippen molar-refractivity contribution in [3.8, 4) is 5.75 Å². The summed E-state index contributed by atoms with van der Waals surface area (Å²) in [5, 5.41) is 3.11. The van der Waals surface area contributed by atoms with E-state index in [-0.39, 0.29) is 11.6 Å². The Kier molecular flexibility index (Phi) is 4.78. The summed E-state index contributed by atoms with van der Waals surface area (Å²) in [5.41, 5.74) is 0.688. The molecule has 2 aromatic rings. The van der Waals surface area contributed by atoms with Crippen molar-refractivity contribution < 1.29 is 13.9 Å². The lowest BCUT2D eigenvalue weighted by Crippen LogP contribution is -2.14. The molecule has 1 amide bonds. The van der Waals surface area contributed by atoms with Gasteiger partial charge in [0.05, 0.1) is 0 Å². The molecule has 0 aliphatic carbocycles. The minimum Gasteiger partial charge on any atom is -0.485 e. The van der Waals surface area contributed by atoms with Crippen LogP contribution in [0.5, 0.6) is 5.75 Å². The van der Waals surface area contributed by atoms with Crippen molar-refractivity contribution in [2.45, 2.75) is 13.3 Å². The van der Waals surface area contributed by atoms with Crippen molar-refractivity contribution >= 4 is 22.6 Å². The number of rotatable bonds is 6. The van der Waals surface area contributed by atoms with E-state index in [9.17, 15) is 9.59 Å². The number of amides is 1. The number of ether oxygens (including phenoxy) is 1. The largest absolute Gasteiger partial charge is 0.485 e. The fraction of sp³-hybridized carbons (Fsp3) is 0.176. The van der Waals surface area contributed by atoms with E-state index in [0.29, 0.717) is 29.7 Å². The number of nitrogens with one attached hydrogen (secondary N) is 1. The standard InChI is InChI=1S/C17H17NO4/c1-4-6-12-7-8-13-10-14(18-11(3)19)17(20)22-16(13)15(12)21-9-5-2/h4-5,7-8,10H,1-2,6,9H2,3H3,(H,18,19). The zero-order chi connectivity index (χ0) is 16.1. The zero-order valence-electron chi connectivity index (χ0n) is 12.3. The molecule has 0 saturated heterocycles. The Bertz CT molecular complexity index is 789. The lowest BCUT2D eigenvalue weighted by molar-refractivity contribution is -0.114. The molecule has 22 heavy (non-hydrogen) atoms. The van der Waals surface area contributed by atoms with Crippen LogP contribution in [0.2, 0.25) is 0 Å². The molecule has 5 nitrogen and oxygen atoms in total. The maximum atomic E-state index is 12.0. The number of fused-ring (bicyclic) bond motifs is 1. The molecule has 0 atom stereocenters. The molecule has 0 radical (unpaired) electrons. The second-order valence-corrected chi connectivity index (χ2v) is 4.69. The topological polar surface area (TPSA) is 68.5 Å². The summed E-state index contributed by atoms with van der Waals surface area (Å²) in [4.78, 5) is 23.1. The number of carbonyl (C=O) groups is 1.